The predicted octanol–water partition coefficient (Wildman–Crippen LogP) is 2.55. The first-order valence-corrected chi connectivity index (χ1v) is 5.84. The number of rotatable bonds is 3. The van der Waals surface area contributed by atoms with Crippen molar-refractivity contribution >= 4 is 23.0 Å². The summed E-state index contributed by atoms with van der Waals surface area (Å²) in [5, 5.41) is 8.85. The molecule has 2 rings (SSSR count). The Morgan fingerprint density at radius 2 is 1.45 bits per heavy atom. The summed E-state index contributed by atoms with van der Waals surface area (Å²) in [7, 11) is 0. The molecular formula is C15H10N4O. The van der Waals surface area contributed by atoms with Crippen LogP contribution in [0.3, 0.4) is 0 Å². The van der Waals surface area contributed by atoms with Gasteiger partial charge in [0, 0.05) is 11.4 Å². The fraction of sp³-hybridized carbons (Fsp3) is 0. The number of nitrogens with zero attached hydrogens (tertiary/aromatic N) is 4. The summed E-state index contributed by atoms with van der Waals surface area (Å²) in [6, 6.07) is 19.3. The van der Waals surface area contributed by atoms with Gasteiger partial charge in [0.25, 0.3) is 0 Å². The van der Waals surface area contributed by atoms with E-state index in [9.17, 15) is 4.79 Å². The van der Waals surface area contributed by atoms with E-state index in [-0.39, 0.29) is 0 Å². The average Bonchev–Trinajstić information content (AvgIpc) is 2.51. The Morgan fingerprint density at radius 3 is 1.80 bits per heavy atom. The van der Waals surface area contributed by atoms with Gasteiger partial charge in [0.05, 0.1) is 0 Å². The molecule has 5 nitrogen and oxygen atoms in total. The van der Waals surface area contributed by atoms with Gasteiger partial charge in [-0.25, -0.2) is 0 Å². The van der Waals surface area contributed by atoms with Crippen LogP contribution in [-0.4, -0.2) is 16.4 Å². The summed E-state index contributed by atoms with van der Waals surface area (Å²) in [4.78, 5) is 16.4. The highest BCUT2D eigenvalue weighted by molar-refractivity contribution is 6.48. The molecule has 0 unspecified atom stereocenters. The molecule has 20 heavy (non-hydrogen) atoms. The molecular weight excluding hydrogens is 252 g/mol. The molecule has 2 aromatic rings. The fourth-order valence-corrected chi connectivity index (χ4v) is 1.76. The highest BCUT2D eigenvalue weighted by atomic mass is 16.2. The zero-order valence-corrected chi connectivity index (χ0v) is 10.5. The summed E-state index contributed by atoms with van der Waals surface area (Å²) < 4.78 is 0. The minimum absolute atomic E-state index is 0.572. The van der Waals surface area contributed by atoms with Gasteiger partial charge >= 0.3 is 11.6 Å². The highest BCUT2D eigenvalue weighted by Gasteiger charge is 2.29. The molecule has 0 heterocycles. The topological polar surface area (TPSA) is 80.5 Å². The molecule has 0 atom stereocenters. The van der Waals surface area contributed by atoms with Gasteiger partial charge < -0.3 is 5.53 Å². The van der Waals surface area contributed by atoms with Crippen molar-refractivity contribution in [2.75, 3.05) is 4.90 Å². The first-order valence-electron chi connectivity index (χ1n) is 5.84. The standard InChI is InChI=1S/C15H10N4O/c16-11-14(18-17)15(20)19(12-7-3-1-4-8-12)13-9-5-2-6-10-13/h1-10H. The van der Waals surface area contributed by atoms with Crippen molar-refractivity contribution in [3.05, 3.63) is 66.2 Å². The van der Waals surface area contributed by atoms with E-state index in [4.69, 9.17) is 10.8 Å². The monoisotopic (exact) mass is 262 g/mol. The normalized spacial score (nSPS) is 9.15. The first kappa shape index (κ1) is 13.2. The zero-order valence-electron chi connectivity index (χ0n) is 10.5. The number of carbonyl (C=O) groups excluding carboxylic acids is 1. The number of hydrogen-bond acceptors (Lipinski definition) is 2. The Hall–Kier alpha value is -3.22. The third-order valence-electron chi connectivity index (χ3n) is 2.64. The van der Waals surface area contributed by atoms with Crippen LogP contribution in [0.2, 0.25) is 0 Å². The Kier molecular flexibility index (Phi) is 4.03. The van der Waals surface area contributed by atoms with Gasteiger partial charge in [-0.2, -0.15) is 5.26 Å². The van der Waals surface area contributed by atoms with Crippen LogP contribution < -0.4 is 4.90 Å². The molecule has 0 N–H and O–H groups in total. The molecule has 1 amide bonds. The van der Waals surface area contributed by atoms with E-state index in [1.165, 1.54) is 4.90 Å². The molecule has 0 saturated heterocycles. The number of nitriles is 1. The van der Waals surface area contributed by atoms with Crippen molar-refractivity contribution < 1.29 is 9.58 Å². The number of carbonyl (C=O) groups is 1. The van der Waals surface area contributed by atoms with Gasteiger partial charge in [0.1, 0.15) is 0 Å². The lowest BCUT2D eigenvalue weighted by molar-refractivity contribution is -0.115. The molecule has 0 radical (unpaired) electrons. The van der Waals surface area contributed by atoms with Crippen LogP contribution in [0.1, 0.15) is 0 Å². The van der Waals surface area contributed by atoms with Crippen LogP contribution >= 0.6 is 0 Å². The molecule has 0 fully saturated rings. The van der Waals surface area contributed by atoms with Gasteiger partial charge in [-0.15, -0.1) is 4.79 Å². The molecule has 0 aliphatic rings. The quantitative estimate of drug-likeness (QED) is 0.484. The maximum Gasteiger partial charge on any atom is 0.456 e. The number of benzene rings is 2. The van der Waals surface area contributed by atoms with Gasteiger partial charge in [-0.05, 0) is 24.3 Å². The van der Waals surface area contributed by atoms with E-state index in [2.05, 4.69) is 4.79 Å². The van der Waals surface area contributed by atoms with E-state index in [0.29, 0.717) is 11.4 Å². The number of para-hydroxylation sites is 2. The average molecular weight is 262 g/mol. The van der Waals surface area contributed by atoms with Crippen LogP contribution in [0.4, 0.5) is 11.4 Å². The van der Waals surface area contributed by atoms with Gasteiger partial charge in [-0.1, -0.05) is 36.4 Å². The maximum absolute atomic E-state index is 12.3. The van der Waals surface area contributed by atoms with Gasteiger partial charge in [0.2, 0.25) is 0 Å². The highest BCUT2D eigenvalue weighted by Crippen LogP contribution is 2.25. The van der Waals surface area contributed by atoms with Crippen LogP contribution in [-0.2, 0) is 4.79 Å². The van der Waals surface area contributed by atoms with E-state index < -0.39 is 11.6 Å². The maximum atomic E-state index is 12.3. The van der Waals surface area contributed by atoms with Gasteiger partial charge in [-0.3, -0.25) is 9.69 Å². The van der Waals surface area contributed by atoms with Crippen molar-refractivity contribution in [2.45, 2.75) is 0 Å². The number of anilines is 2. The Labute approximate surface area is 115 Å². The van der Waals surface area contributed by atoms with Crippen molar-refractivity contribution in [1.29, 1.82) is 5.26 Å². The Bertz CT molecular complexity index is 658. The third kappa shape index (κ3) is 2.61. The first-order chi connectivity index (χ1) is 9.77. The van der Waals surface area contributed by atoms with E-state index in [1.54, 1.807) is 54.6 Å². The van der Waals surface area contributed by atoms with Gasteiger partial charge in [0.15, 0.2) is 6.07 Å². The molecule has 0 aromatic heterocycles. The molecule has 0 bridgehead atoms. The molecule has 2 aromatic carbocycles. The summed E-state index contributed by atoms with van der Waals surface area (Å²) in [5.41, 5.74) is 9.35. The van der Waals surface area contributed by atoms with Crippen molar-refractivity contribution in [1.82, 2.24) is 0 Å². The minimum atomic E-state index is -0.688. The molecule has 0 aliphatic carbocycles. The number of amides is 1. The third-order valence-corrected chi connectivity index (χ3v) is 2.64. The molecule has 0 aliphatic heterocycles. The van der Waals surface area contributed by atoms with E-state index in [1.807, 2.05) is 12.1 Å². The second-order valence-electron chi connectivity index (χ2n) is 3.87. The second-order valence-corrected chi connectivity index (χ2v) is 3.87. The fourth-order valence-electron chi connectivity index (χ4n) is 1.76. The zero-order chi connectivity index (χ0) is 14.4. The van der Waals surface area contributed by atoms with Crippen molar-refractivity contribution in [3.63, 3.8) is 0 Å². The van der Waals surface area contributed by atoms with E-state index >= 15 is 0 Å². The number of hydrogen-bond donors (Lipinski definition) is 0. The predicted molar refractivity (Wildman–Crippen MR) is 74.3 cm³/mol. The van der Waals surface area contributed by atoms with Crippen LogP contribution in [0.5, 0.6) is 0 Å². The summed E-state index contributed by atoms with van der Waals surface area (Å²) in [5.74, 6) is -0.688. The molecule has 0 spiro atoms. The lowest BCUT2D eigenvalue weighted by atomic mass is 10.2. The molecule has 96 valence electrons. The van der Waals surface area contributed by atoms with E-state index in [0.717, 1.165) is 0 Å². The lowest BCUT2D eigenvalue weighted by Gasteiger charge is -2.19. The van der Waals surface area contributed by atoms with Crippen LogP contribution in [0, 0.1) is 11.3 Å². The Morgan fingerprint density at radius 1 is 1.00 bits per heavy atom. The molecule has 0 saturated carbocycles. The van der Waals surface area contributed by atoms with Crippen LogP contribution in [0.25, 0.3) is 5.53 Å². The summed E-state index contributed by atoms with van der Waals surface area (Å²) in [6.07, 6.45) is 0. The SMILES string of the molecule is N#CC(=[N+]=[N-])C(=O)N(c1ccccc1)c1ccccc1. The second kappa shape index (κ2) is 6.10. The van der Waals surface area contributed by atoms with Crippen molar-refractivity contribution in [3.8, 4) is 6.07 Å². The van der Waals surface area contributed by atoms with Crippen molar-refractivity contribution in [2.24, 2.45) is 0 Å². The smallest absolute Gasteiger partial charge is 0.360 e. The lowest BCUT2D eigenvalue weighted by Crippen LogP contribution is -2.32. The summed E-state index contributed by atoms with van der Waals surface area (Å²) in [6.45, 7) is 0. The molecule has 5 heteroatoms. The Balaban J connectivity index is 2.55. The largest absolute Gasteiger partial charge is 0.456 e. The van der Waals surface area contributed by atoms with Crippen LogP contribution in [0.15, 0.2) is 60.7 Å². The minimum Gasteiger partial charge on any atom is -0.360 e. The summed E-state index contributed by atoms with van der Waals surface area (Å²) >= 11 is 0.